The standard InChI is InChI=1S/C16H13FN4O/c17-15-6-4-13(9-18-15)21(16(22)10-1-2-10)12-3-5-14-11(7-12)8-19-20-14/h3-10H,1-2H2,(H,19,20). The van der Waals surface area contributed by atoms with Gasteiger partial charge >= 0.3 is 0 Å². The Morgan fingerprint density at radius 2 is 2.00 bits per heavy atom. The van der Waals surface area contributed by atoms with Crippen molar-refractivity contribution < 1.29 is 9.18 Å². The molecule has 2 aromatic heterocycles. The highest BCUT2D eigenvalue weighted by Gasteiger charge is 2.35. The van der Waals surface area contributed by atoms with Gasteiger partial charge < -0.3 is 0 Å². The summed E-state index contributed by atoms with van der Waals surface area (Å²) in [4.78, 5) is 17.9. The average Bonchev–Trinajstić information content (AvgIpc) is 3.27. The lowest BCUT2D eigenvalue weighted by molar-refractivity contribution is -0.119. The smallest absolute Gasteiger partial charge is 0.234 e. The minimum Gasteiger partial charge on any atom is -0.279 e. The third-order valence-corrected chi connectivity index (χ3v) is 3.80. The number of halogens is 1. The molecule has 0 spiro atoms. The quantitative estimate of drug-likeness (QED) is 0.755. The van der Waals surface area contributed by atoms with Crippen LogP contribution >= 0.6 is 0 Å². The Morgan fingerprint density at radius 1 is 1.18 bits per heavy atom. The van der Waals surface area contributed by atoms with Crippen LogP contribution in [0.15, 0.2) is 42.7 Å². The summed E-state index contributed by atoms with van der Waals surface area (Å²) in [7, 11) is 0. The Hall–Kier alpha value is -2.76. The summed E-state index contributed by atoms with van der Waals surface area (Å²) in [6, 6.07) is 8.45. The molecule has 0 radical (unpaired) electrons. The molecule has 1 aromatic carbocycles. The number of amides is 1. The van der Waals surface area contributed by atoms with Gasteiger partial charge in [-0.25, -0.2) is 4.98 Å². The number of rotatable bonds is 3. The van der Waals surface area contributed by atoms with Crippen LogP contribution in [-0.2, 0) is 4.79 Å². The Morgan fingerprint density at radius 3 is 2.73 bits per heavy atom. The zero-order valence-electron chi connectivity index (χ0n) is 11.7. The molecule has 1 aliphatic rings. The van der Waals surface area contributed by atoms with Gasteiger partial charge in [-0.15, -0.1) is 0 Å². The lowest BCUT2D eigenvalue weighted by Gasteiger charge is -2.22. The summed E-state index contributed by atoms with van der Waals surface area (Å²) >= 11 is 0. The van der Waals surface area contributed by atoms with E-state index in [0.29, 0.717) is 5.69 Å². The number of fused-ring (bicyclic) bond motifs is 1. The molecule has 110 valence electrons. The Kier molecular flexibility index (Phi) is 2.89. The van der Waals surface area contributed by atoms with Gasteiger partial charge in [0.15, 0.2) is 0 Å². The maximum absolute atomic E-state index is 13.1. The summed E-state index contributed by atoms with van der Waals surface area (Å²) in [5.41, 5.74) is 2.21. The minimum atomic E-state index is -0.562. The minimum absolute atomic E-state index is 0.0243. The molecule has 0 atom stereocenters. The van der Waals surface area contributed by atoms with Crippen LogP contribution in [0.4, 0.5) is 15.8 Å². The first-order chi connectivity index (χ1) is 10.7. The number of H-pyrrole nitrogens is 1. The molecule has 0 bridgehead atoms. The van der Waals surface area contributed by atoms with Crippen LogP contribution in [0.25, 0.3) is 10.9 Å². The van der Waals surface area contributed by atoms with Crippen molar-refractivity contribution in [2.24, 2.45) is 5.92 Å². The molecule has 0 aliphatic heterocycles. The van der Waals surface area contributed by atoms with Crippen molar-refractivity contribution >= 4 is 28.2 Å². The lowest BCUT2D eigenvalue weighted by atomic mass is 10.2. The van der Waals surface area contributed by atoms with Crippen LogP contribution in [0.1, 0.15) is 12.8 Å². The molecular formula is C16H13FN4O. The van der Waals surface area contributed by atoms with Gasteiger partial charge in [0, 0.05) is 17.0 Å². The number of hydrogen-bond acceptors (Lipinski definition) is 3. The fourth-order valence-corrected chi connectivity index (χ4v) is 2.49. The molecule has 6 heteroatoms. The first kappa shape index (κ1) is 12.9. The summed E-state index contributed by atoms with van der Waals surface area (Å²) in [6.45, 7) is 0. The Labute approximate surface area is 125 Å². The maximum atomic E-state index is 13.1. The second-order valence-electron chi connectivity index (χ2n) is 5.43. The fraction of sp³-hybridized carbons (Fsp3) is 0.188. The largest absolute Gasteiger partial charge is 0.279 e. The third kappa shape index (κ3) is 2.22. The number of benzene rings is 1. The van der Waals surface area contributed by atoms with Gasteiger partial charge in [-0.05, 0) is 43.2 Å². The van der Waals surface area contributed by atoms with Gasteiger partial charge in [0.1, 0.15) is 0 Å². The van der Waals surface area contributed by atoms with Crippen LogP contribution in [-0.4, -0.2) is 21.1 Å². The molecule has 5 nitrogen and oxygen atoms in total. The number of aromatic nitrogens is 3. The average molecular weight is 296 g/mol. The predicted molar refractivity (Wildman–Crippen MR) is 80.2 cm³/mol. The number of pyridine rings is 1. The van der Waals surface area contributed by atoms with Crippen LogP contribution in [0.5, 0.6) is 0 Å². The number of aromatic amines is 1. The molecule has 22 heavy (non-hydrogen) atoms. The van der Waals surface area contributed by atoms with Gasteiger partial charge in [0.25, 0.3) is 0 Å². The van der Waals surface area contributed by atoms with Gasteiger partial charge in [-0.2, -0.15) is 9.49 Å². The van der Waals surface area contributed by atoms with Gasteiger partial charge in [-0.3, -0.25) is 14.8 Å². The fourth-order valence-electron chi connectivity index (χ4n) is 2.49. The van der Waals surface area contributed by atoms with Crippen LogP contribution in [0, 0.1) is 11.9 Å². The van der Waals surface area contributed by atoms with Crippen LogP contribution < -0.4 is 4.90 Å². The van der Waals surface area contributed by atoms with E-state index in [4.69, 9.17) is 0 Å². The van der Waals surface area contributed by atoms with Gasteiger partial charge in [0.05, 0.1) is 23.6 Å². The summed E-state index contributed by atoms with van der Waals surface area (Å²) in [5.74, 6) is -0.491. The summed E-state index contributed by atoms with van der Waals surface area (Å²) in [5, 5.41) is 7.79. The molecule has 3 aromatic rings. The van der Waals surface area contributed by atoms with Crippen molar-refractivity contribution in [1.29, 1.82) is 0 Å². The number of hydrogen-bond donors (Lipinski definition) is 1. The van der Waals surface area contributed by atoms with E-state index >= 15 is 0 Å². The van der Waals surface area contributed by atoms with Crippen molar-refractivity contribution in [3.63, 3.8) is 0 Å². The van der Waals surface area contributed by atoms with Crippen molar-refractivity contribution in [1.82, 2.24) is 15.2 Å². The lowest BCUT2D eigenvalue weighted by Crippen LogP contribution is -2.27. The van der Waals surface area contributed by atoms with E-state index in [9.17, 15) is 9.18 Å². The number of nitrogens with zero attached hydrogens (tertiary/aromatic N) is 3. The molecule has 1 N–H and O–H groups in total. The number of carbonyl (C=O) groups excluding carboxylic acids is 1. The van der Waals surface area contributed by atoms with Crippen molar-refractivity contribution in [3.8, 4) is 0 Å². The summed E-state index contributed by atoms with van der Waals surface area (Å²) in [6.07, 6.45) is 4.90. The number of carbonyl (C=O) groups is 1. The monoisotopic (exact) mass is 296 g/mol. The number of anilines is 2. The first-order valence-electron chi connectivity index (χ1n) is 7.11. The first-order valence-corrected chi connectivity index (χ1v) is 7.11. The Bertz CT molecular complexity index is 839. The highest BCUT2D eigenvalue weighted by molar-refractivity contribution is 6.04. The van der Waals surface area contributed by atoms with E-state index in [1.807, 2.05) is 18.2 Å². The molecule has 1 fully saturated rings. The molecule has 0 saturated heterocycles. The van der Waals surface area contributed by atoms with E-state index < -0.39 is 5.95 Å². The zero-order valence-corrected chi connectivity index (χ0v) is 11.7. The third-order valence-electron chi connectivity index (χ3n) is 3.80. The molecule has 1 amide bonds. The molecule has 0 unspecified atom stereocenters. The maximum Gasteiger partial charge on any atom is 0.234 e. The van der Waals surface area contributed by atoms with Crippen molar-refractivity contribution in [2.45, 2.75) is 12.8 Å². The second kappa shape index (κ2) is 4.91. The van der Waals surface area contributed by atoms with Crippen LogP contribution in [0.2, 0.25) is 0 Å². The molecule has 2 heterocycles. The van der Waals surface area contributed by atoms with E-state index in [1.165, 1.54) is 12.3 Å². The van der Waals surface area contributed by atoms with E-state index in [1.54, 1.807) is 17.2 Å². The van der Waals surface area contributed by atoms with Gasteiger partial charge in [-0.1, -0.05) is 0 Å². The van der Waals surface area contributed by atoms with Gasteiger partial charge in [0.2, 0.25) is 11.9 Å². The van der Waals surface area contributed by atoms with E-state index in [-0.39, 0.29) is 11.8 Å². The highest BCUT2D eigenvalue weighted by Crippen LogP contribution is 2.37. The topological polar surface area (TPSA) is 61.9 Å². The molecule has 1 saturated carbocycles. The number of nitrogens with one attached hydrogen (secondary N) is 1. The Balaban J connectivity index is 1.81. The predicted octanol–water partition coefficient (Wildman–Crippen LogP) is 3.17. The van der Waals surface area contributed by atoms with Crippen molar-refractivity contribution in [3.05, 3.63) is 48.7 Å². The zero-order chi connectivity index (χ0) is 15.1. The van der Waals surface area contributed by atoms with E-state index in [2.05, 4.69) is 15.2 Å². The second-order valence-corrected chi connectivity index (χ2v) is 5.43. The van der Waals surface area contributed by atoms with E-state index in [0.717, 1.165) is 29.4 Å². The molecular weight excluding hydrogens is 283 g/mol. The normalized spacial score (nSPS) is 14.2. The van der Waals surface area contributed by atoms with Crippen LogP contribution in [0.3, 0.4) is 0 Å². The summed E-state index contributed by atoms with van der Waals surface area (Å²) < 4.78 is 13.1. The SMILES string of the molecule is O=C(C1CC1)N(c1ccc(F)nc1)c1ccc2[nH]ncc2c1. The van der Waals surface area contributed by atoms with Crippen molar-refractivity contribution in [2.75, 3.05) is 4.90 Å². The highest BCUT2D eigenvalue weighted by atomic mass is 19.1. The molecule has 1 aliphatic carbocycles. The molecule has 4 rings (SSSR count).